The van der Waals surface area contributed by atoms with Gasteiger partial charge in [-0.05, 0) is 37.0 Å². The number of hydrogen-bond acceptors (Lipinski definition) is 4. The highest BCUT2D eigenvalue weighted by molar-refractivity contribution is 5.43. The molecule has 110 valence electrons. The minimum Gasteiger partial charge on any atom is -0.493 e. The van der Waals surface area contributed by atoms with Crippen molar-refractivity contribution in [2.45, 2.75) is 33.2 Å². The van der Waals surface area contributed by atoms with E-state index in [2.05, 4.69) is 37.4 Å². The van der Waals surface area contributed by atoms with Crippen molar-refractivity contribution in [1.82, 2.24) is 5.32 Å². The molecule has 0 saturated heterocycles. The highest BCUT2D eigenvalue weighted by atomic mass is 16.5. The van der Waals surface area contributed by atoms with Crippen molar-refractivity contribution in [1.29, 1.82) is 5.26 Å². The zero-order chi connectivity index (χ0) is 14.8. The molecule has 0 radical (unpaired) electrons. The third-order valence-electron chi connectivity index (χ3n) is 3.01. The molecule has 0 atom stereocenters. The summed E-state index contributed by atoms with van der Waals surface area (Å²) in [5, 5.41) is 11.8. The summed E-state index contributed by atoms with van der Waals surface area (Å²) in [5.41, 5.74) is 3.54. The van der Waals surface area contributed by atoms with Gasteiger partial charge in [-0.2, -0.15) is 5.26 Å². The van der Waals surface area contributed by atoms with Crippen LogP contribution in [0.15, 0.2) is 12.1 Å². The van der Waals surface area contributed by atoms with Gasteiger partial charge in [0, 0.05) is 26.6 Å². The molecular formula is C16H24N2O2. The molecule has 0 aromatic heterocycles. The lowest BCUT2D eigenvalue weighted by Gasteiger charge is -2.14. The molecule has 0 saturated carbocycles. The van der Waals surface area contributed by atoms with Crippen molar-refractivity contribution in [3.8, 4) is 11.8 Å². The highest BCUT2D eigenvalue weighted by Gasteiger charge is 2.06. The summed E-state index contributed by atoms with van der Waals surface area (Å²) in [4.78, 5) is 0. The van der Waals surface area contributed by atoms with Crippen LogP contribution in [0.5, 0.6) is 5.75 Å². The summed E-state index contributed by atoms with van der Waals surface area (Å²) in [6, 6.07) is 6.42. The minimum absolute atomic E-state index is 0.541. The Balaban J connectivity index is 2.55. The lowest BCUT2D eigenvalue weighted by molar-refractivity contribution is 0.199. The number of methoxy groups -OCH3 is 1. The molecule has 0 heterocycles. The first-order valence-corrected chi connectivity index (χ1v) is 6.98. The highest BCUT2D eigenvalue weighted by Crippen LogP contribution is 2.25. The fraction of sp³-hybridized carbons (Fsp3) is 0.562. The van der Waals surface area contributed by atoms with Crippen LogP contribution in [0.1, 0.15) is 29.5 Å². The molecule has 1 aromatic carbocycles. The van der Waals surface area contributed by atoms with Gasteiger partial charge < -0.3 is 14.8 Å². The fourth-order valence-corrected chi connectivity index (χ4v) is 2.10. The van der Waals surface area contributed by atoms with Gasteiger partial charge in [-0.1, -0.05) is 12.1 Å². The maximum atomic E-state index is 8.51. The topological polar surface area (TPSA) is 54.3 Å². The van der Waals surface area contributed by atoms with Crippen LogP contribution in [0.3, 0.4) is 0 Å². The molecule has 0 aliphatic heterocycles. The largest absolute Gasteiger partial charge is 0.493 e. The van der Waals surface area contributed by atoms with E-state index in [1.807, 2.05) is 0 Å². The van der Waals surface area contributed by atoms with E-state index in [9.17, 15) is 0 Å². The molecule has 1 N–H and O–H groups in total. The zero-order valence-electron chi connectivity index (χ0n) is 12.7. The molecule has 0 fully saturated rings. The van der Waals surface area contributed by atoms with E-state index >= 15 is 0 Å². The van der Waals surface area contributed by atoms with Crippen LogP contribution in [-0.4, -0.2) is 26.9 Å². The summed E-state index contributed by atoms with van der Waals surface area (Å²) < 4.78 is 10.8. The Hall–Kier alpha value is -1.57. The second-order valence-electron chi connectivity index (χ2n) is 4.84. The Morgan fingerprint density at radius 2 is 1.90 bits per heavy atom. The van der Waals surface area contributed by atoms with E-state index in [0.717, 1.165) is 43.0 Å². The summed E-state index contributed by atoms with van der Waals surface area (Å²) in [5.74, 6) is 0.948. The van der Waals surface area contributed by atoms with E-state index in [1.165, 1.54) is 5.56 Å². The first-order valence-electron chi connectivity index (χ1n) is 6.98. The summed E-state index contributed by atoms with van der Waals surface area (Å²) in [7, 11) is 1.70. The molecule has 1 rings (SSSR count). The average Bonchev–Trinajstić information content (AvgIpc) is 2.42. The number of unbranched alkanes of at least 4 members (excludes halogenated alkanes) is 1. The van der Waals surface area contributed by atoms with Crippen LogP contribution >= 0.6 is 0 Å². The van der Waals surface area contributed by atoms with E-state index in [0.29, 0.717) is 13.0 Å². The Kier molecular flexibility index (Phi) is 7.71. The molecule has 4 heteroatoms. The van der Waals surface area contributed by atoms with Crippen molar-refractivity contribution in [3.05, 3.63) is 28.8 Å². The lowest BCUT2D eigenvalue weighted by Crippen LogP contribution is -2.18. The van der Waals surface area contributed by atoms with Gasteiger partial charge >= 0.3 is 0 Å². The van der Waals surface area contributed by atoms with Gasteiger partial charge in [0.2, 0.25) is 0 Å². The van der Waals surface area contributed by atoms with E-state index in [4.69, 9.17) is 14.7 Å². The lowest BCUT2D eigenvalue weighted by atomic mass is 10.1. The smallest absolute Gasteiger partial charge is 0.125 e. The maximum absolute atomic E-state index is 8.51. The second kappa shape index (κ2) is 9.35. The molecular weight excluding hydrogens is 252 g/mol. The van der Waals surface area contributed by atoms with Crippen LogP contribution in [0.4, 0.5) is 0 Å². The zero-order valence-corrected chi connectivity index (χ0v) is 12.7. The van der Waals surface area contributed by atoms with Gasteiger partial charge in [-0.3, -0.25) is 0 Å². The Labute approximate surface area is 121 Å². The third-order valence-corrected chi connectivity index (χ3v) is 3.01. The normalized spacial score (nSPS) is 10.3. The average molecular weight is 276 g/mol. The van der Waals surface area contributed by atoms with E-state index < -0.39 is 0 Å². The molecule has 0 unspecified atom stereocenters. The number of nitrogens with zero attached hydrogens (tertiary/aromatic N) is 1. The molecule has 0 spiro atoms. The number of aryl methyl sites for hydroxylation is 2. The Bertz CT molecular complexity index is 429. The molecule has 0 aliphatic carbocycles. The monoisotopic (exact) mass is 276 g/mol. The van der Waals surface area contributed by atoms with Crippen molar-refractivity contribution in [3.63, 3.8) is 0 Å². The number of benzene rings is 1. The third kappa shape index (κ3) is 5.60. The van der Waals surface area contributed by atoms with Crippen LogP contribution in [0.25, 0.3) is 0 Å². The Morgan fingerprint density at radius 1 is 1.20 bits per heavy atom. The van der Waals surface area contributed by atoms with E-state index in [-0.39, 0.29) is 0 Å². The van der Waals surface area contributed by atoms with Gasteiger partial charge in [0.15, 0.2) is 0 Å². The Morgan fingerprint density at radius 3 is 2.50 bits per heavy atom. The predicted octanol–water partition coefficient (Wildman–Crippen LogP) is 2.72. The SMILES string of the molecule is COCCNCc1cc(C)c(OCCCC#N)c(C)c1. The molecule has 0 bridgehead atoms. The molecule has 20 heavy (non-hydrogen) atoms. The van der Waals surface area contributed by atoms with Gasteiger partial charge in [0.1, 0.15) is 5.75 Å². The van der Waals surface area contributed by atoms with Crippen molar-refractivity contribution >= 4 is 0 Å². The first kappa shape index (κ1) is 16.5. The number of rotatable bonds is 9. The summed E-state index contributed by atoms with van der Waals surface area (Å²) in [6.45, 7) is 7.12. The number of nitrogens with one attached hydrogen (secondary N) is 1. The summed E-state index contributed by atoms with van der Waals surface area (Å²) in [6.07, 6.45) is 1.31. The van der Waals surface area contributed by atoms with Crippen LogP contribution in [0.2, 0.25) is 0 Å². The van der Waals surface area contributed by atoms with Crippen LogP contribution in [-0.2, 0) is 11.3 Å². The quantitative estimate of drug-likeness (QED) is 0.705. The molecule has 0 aliphatic rings. The van der Waals surface area contributed by atoms with Crippen LogP contribution in [0, 0.1) is 25.2 Å². The first-order chi connectivity index (χ1) is 9.69. The van der Waals surface area contributed by atoms with Crippen molar-refractivity contribution in [2.75, 3.05) is 26.9 Å². The molecule has 1 aromatic rings. The van der Waals surface area contributed by atoms with Crippen molar-refractivity contribution in [2.24, 2.45) is 0 Å². The predicted molar refractivity (Wildman–Crippen MR) is 79.8 cm³/mol. The van der Waals surface area contributed by atoms with Crippen LogP contribution < -0.4 is 10.1 Å². The fourth-order valence-electron chi connectivity index (χ4n) is 2.10. The van der Waals surface area contributed by atoms with Gasteiger partial charge in [0.25, 0.3) is 0 Å². The van der Waals surface area contributed by atoms with Crippen molar-refractivity contribution < 1.29 is 9.47 Å². The molecule has 4 nitrogen and oxygen atoms in total. The number of ether oxygens (including phenoxy) is 2. The van der Waals surface area contributed by atoms with E-state index in [1.54, 1.807) is 7.11 Å². The minimum atomic E-state index is 0.541. The summed E-state index contributed by atoms with van der Waals surface area (Å²) >= 11 is 0. The number of hydrogen-bond donors (Lipinski definition) is 1. The maximum Gasteiger partial charge on any atom is 0.125 e. The van der Waals surface area contributed by atoms with Gasteiger partial charge in [-0.25, -0.2) is 0 Å². The number of nitriles is 1. The standard InChI is InChI=1S/C16H24N2O2/c1-13-10-15(12-18-7-9-19-3)11-14(2)16(13)20-8-5-4-6-17/h10-11,18H,4-5,7-9,12H2,1-3H3. The van der Waals surface area contributed by atoms with Gasteiger partial charge in [-0.15, -0.1) is 0 Å². The molecule has 0 amide bonds. The van der Waals surface area contributed by atoms with Gasteiger partial charge in [0.05, 0.1) is 19.3 Å². The second-order valence-corrected chi connectivity index (χ2v) is 4.84.